The first kappa shape index (κ1) is 37.8. The van der Waals surface area contributed by atoms with Crippen molar-refractivity contribution in [2.45, 2.75) is 107 Å². The van der Waals surface area contributed by atoms with Gasteiger partial charge in [0.05, 0.1) is 5.60 Å². The Morgan fingerprint density at radius 3 is 1.27 bits per heavy atom. The Morgan fingerprint density at radius 2 is 0.878 bits per heavy atom. The number of rotatable bonds is 17. The van der Waals surface area contributed by atoms with Crippen LogP contribution in [-0.4, -0.2) is 10.7 Å². The highest BCUT2D eigenvalue weighted by Crippen LogP contribution is 2.15. The molecule has 0 fully saturated rings. The van der Waals surface area contributed by atoms with Crippen LogP contribution in [0.2, 0.25) is 0 Å². The van der Waals surface area contributed by atoms with E-state index in [0.717, 1.165) is 32.1 Å². The molecule has 0 heterocycles. The molecular formula is C40H58O. The van der Waals surface area contributed by atoms with E-state index >= 15 is 0 Å². The lowest BCUT2D eigenvalue weighted by Gasteiger charge is -2.16. The second-order valence-electron chi connectivity index (χ2n) is 12.0. The normalized spacial score (nSPS) is 15.6. The largest absolute Gasteiger partial charge is 0.390 e. The third-order valence-corrected chi connectivity index (χ3v) is 6.20. The minimum atomic E-state index is -0.575. The van der Waals surface area contributed by atoms with Crippen molar-refractivity contribution in [2.75, 3.05) is 0 Å². The van der Waals surface area contributed by atoms with Gasteiger partial charge in [-0.15, -0.1) is 0 Å². The maximum Gasteiger partial charge on any atom is 0.0591 e. The van der Waals surface area contributed by atoms with Gasteiger partial charge in [0.15, 0.2) is 0 Å². The van der Waals surface area contributed by atoms with Crippen molar-refractivity contribution < 1.29 is 5.11 Å². The van der Waals surface area contributed by atoms with E-state index < -0.39 is 5.60 Å². The zero-order valence-electron chi connectivity index (χ0n) is 27.8. The van der Waals surface area contributed by atoms with E-state index in [1.807, 2.05) is 13.8 Å². The standard InChI is InChI=1S/C40H58O/c1-33(2)19-13-22-36(5)25-16-28-37(6)26-14-23-34(3)20-11-12-21-35(4)24-15-27-38(7)29-17-30-39(8)31-18-32-40(9,10)41/h11-12,14-17,19-21,23-30,41H,13,18,22,31-32H2,1-10H3/b12-11+,23-14+,24-15+,28-16+,29-17+,34-20+,35-21+,36-25-,37-26+,38-27+,39-30+. The van der Waals surface area contributed by atoms with Crippen LogP contribution in [0, 0.1) is 0 Å². The van der Waals surface area contributed by atoms with Crippen LogP contribution in [0.1, 0.15) is 101 Å². The summed E-state index contributed by atoms with van der Waals surface area (Å²) in [5, 5.41) is 9.82. The maximum absolute atomic E-state index is 9.82. The van der Waals surface area contributed by atoms with E-state index in [2.05, 4.69) is 159 Å². The summed E-state index contributed by atoms with van der Waals surface area (Å²) >= 11 is 0. The molecule has 1 heteroatoms. The Kier molecular flexibility index (Phi) is 20.8. The van der Waals surface area contributed by atoms with E-state index in [9.17, 15) is 5.11 Å². The average Bonchev–Trinajstić information content (AvgIpc) is 2.85. The van der Waals surface area contributed by atoms with Crippen molar-refractivity contribution in [3.8, 4) is 0 Å². The van der Waals surface area contributed by atoms with Crippen molar-refractivity contribution in [3.05, 3.63) is 142 Å². The van der Waals surface area contributed by atoms with Gasteiger partial charge in [-0.3, -0.25) is 0 Å². The number of allylic oxidation sites excluding steroid dienone is 24. The monoisotopic (exact) mass is 554 g/mol. The first-order valence-electron chi connectivity index (χ1n) is 15.0. The lowest BCUT2D eigenvalue weighted by molar-refractivity contribution is 0.0689. The first-order valence-corrected chi connectivity index (χ1v) is 15.0. The number of aliphatic hydroxyl groups is 1. The van der Waals surface area contributed by atoms with Gasteiger partial charge in [0, 0.05) is 0 Å². The molecule has 0 rings (SSSR count). The van der Waals surface area contributed by atoms with Gasteiger partial charge in [0.2, 0.25) is 0 Å². The van der Waals surface area contributed by atoms with E-state index in [-0.39, 0.29) is 0 Å². The van der Waals surface area contributed by atoms with Crippen molar-refractivity contribution >= 4 is 0 Å². The summed E-state index contributed by atoms with van der Waals surface area (Å²) in [6.45, 7) is 20.8. The fraction of sp³-hybridized carbons (Fsp3) is 0.400. The lowest BCUT2D eigenvalue weighted by Crippen LogP contribution is -2.17. The quantitative estimate of drug-likeness (QED) is 0.140. The van der Waals surface area contributed by atoms with E-state index in [4.69, 9.17) is 0 Å². The third kappa shape index (κ3) is 26.8. The van der Waals surface area contributed by atoms with Crippen LogP contribution in [0.3, 0.4) is 0 Å². The van der Waals surface area contributed by atoms with Crippen LogP contribution in [-0.2, 0) is 0 Å². The Balaban J connectivity index is 4.69. The van der Waals surface area contributed by atoms with Gasteiger partial charge in [-0.25, -0.2) is 0 Å². The number of hydrogen-bond acceptors (Lipinski definition) is 1. The molecule has 0 saturated heterocycles. The summed E-state index contributed by atoms with van der Waals surface area (Å²) in [7, 11) is 0. The lowest BCUT2D eigenvalue weighted by atomic mass is 9.99. The van der Waals surface area contributed by atoms with Crippen LogP contribution < -0.4 is 0 Å². The summed E-state index contributed by atoms with van der Waals surface area (Å²) < 4.78 is 0. The van der Waals surface area contributed by atoms with Crippen molar-refractivity contribution in [2.24, 2.45) is 0 Å². The van der Waals surface area contributed by atoms with Crippen LogP contribution in [0.4, 0.5) is 0 Å². The predicted octanol–water partition coefficient (Wildman–Crippen LogP) is 12.1. The first-order chi connectivity index (χ1) is 19.3. The second kappa shape index (κ2) is 22.5. The smallest absolute Gasteiger partial charge is 0.0591 e. The van der Waals surface area contributed by atoms with Crippen molar-refractivity contribution in [1.82, 2.24) is 0 Å². The minimum absolute atomic E-state index is 0.575. The molecule has 0 radical (unpaired) electrons. The highest BCUT2D eigenvalue weighted by atomic mass is 16.3. The molecule has 224 valence electrons. The molecule has 0 spiro atoms. The van der Waals surface area contributed by atoms with E-state index in [1.165, 1.54) is 39.0 Å². The molecule has 0 atom stereocenters. The molecule has 1 N–H and O–H groups in total. The van der Waals surface area contributed by atoms with Gasteiger partial charge in [-0.2, -0.15) is 0 Å². The molecule has 0 aliphatic rings. The molecule has 41 heavy (non-hydrogen) atoms. The molecule has 1 nitrogen and oxygen atoms in total. The van der Waals surface area contributed by atoms with E-state index in [1.54, 1.807) is 0 Å². The van der Waals surface area contributed by atoms with Gasteiger partial charge in [-0.1, -0.05) is 142 Å². The fourth-order valence-corrected chi connectivity index (χ4v) is 3.62. The highest BCUT2D eigenvalue weighted by Gasteiger charge is 2.10. The van der Waals surface area contributed by atoms with E-state index in [0.29, 0.717) is 0 Å². The van der Waals surface area contributed by atoms with Crippen LogP contribution in [0.5, 0.6) is 0 Å². The summed E-state index contributed by atoms with van der Waals surface area (Å²) in [6.07, 6.45) is 41.4. The van der Waals surface area contributed by atoms with Crippen molar-refractivity contribution in [3.63, 3.8) is 0 Å². The molecule has 0 aliphatic carbocycles. The summed E-state index contributed by atoms with van der Waals surface area (Å²) in [6, 6.07) is 0. The van der Waals surface area contributed by atoms with Gasteiger partial charge in [0.25, 0.3) is 0 Å². The molecular weight excluding hydrogens is 496 g/mol. The van der Waals surface area contributed by atoms with Gasteiger partial charge < -0.3 is 5.11 Å². The average molecular weight is 555 g/mol. The van der Waals surface area contributed by atoms with Gasteiger partial charge in [-0.05, 0) is 101 Å². The molecule has 0 aromatic carbocycles. The summed E-state index contributed by atoms with van der Waals surface area (Å²) in [4.78, 5) is 0. The maximum atomic E-state index is 9.82. The Bertz CT molecular complexity index is 1130. The molecule has 0 aliphatic heterocycles. The molecule has 0 saturated carbocycles. The number of hydrogen-bond donors (Lipinski definition) is 1. The van der Waals surface area contributed by atoms with Crippen LogP contribution in [0.25, 0.3) is 0 Å². The van der Waals surface area contributed by atoms with Crippen LogP contribution in [0.15, 0.2) is 142 Å². The second-order valence-corrected chi connectivity index (χ2v) is 12.0. The fourth-order valence-electron chi connectivity index (χ4n) is 3.62. The molecule has 0 aromatic rings. The minimum Gasteiger partial charge on any atom is -0.390 e. The molecule has 0 bridgehead atoms. The Hall–Kier alpha value is -3.16. The summed E-state index contributed by atoms with van der Waals surface area (Å²) in [5.41, 5.74) is 8.39. The zero-order valence-corrected chi connectivity index (χ0v) is 27.8. The third-order valence-electron chi connectivity index (χ3n) is 6.20. The Morgan fingerprint density at radius 1 is 0.512 bits per heavy atom. The highest BCUT2D eigenvalue weighted by molar-refractivity contribution is 5.32. The predicted molar refractivity (Wildman–Crippen MR) is 187 cm³/mol. The topological polar surface area (TPSA) is 20.2 Å². The zero-order chi connectivity index (χ0) is 31.1. The van der Waals surface area contributed by atoms with Gasteiger partial charge in [0.1, 0.15) is 0 Å². The summed E-state index contributed by atoms with van der Waals surface area (Å²) in [5.74, 6) is 0. The molecule has 0 unspecified atom stereocenters. The molecule has 0 aromatic heterocycles. The SMILES string of the molecule is CC(C)=CCC\C(C)=C/C=C/C(C)=C/C=C/C(C)=C/C=C/C=C(C)/C=C/C=C(C)/C=C/C=C(\C)CCCC(C)(C)O. The van der Waals surface area contributed by atoms with Crippen LogP contribution >= 0.6 is 0 Å². The van der Waals surface area contributed by atoms with Gasteiger partial charge >= 0.3 is 0 Å². The molecule has 0 amide bonds. The van der Waals surface area contributed by atoms with Crippen molar-refractivity contribution in [1.29, 1.82) is 0 Å². The Labute approximate surface area is 253 Å².